The van der Waals surface area contributed by atoms with E-state index in [4.69, 9.17) is 0 Å². The first-order chi connectivity index (χ1) is 7.49. The van der Waals surface area contributed by atoms with Crippen molar-refractivity contribution in [2.45, 2.75) is 65.5 Å². The Balaban J connectivity index is 2.18. The van der Waals surface area contributed by atoms with Crippen molar-refractivity contribution in [2.75, 3.05) is 6.54 Å². The van der Waals surface area contributed by atoms with E-state index in [2.05, 4.69) is 26.1 Å². The highest BCUT2D eigenvalue weighted by Gasteiger charge is 2.24. The second kappa shape index (κ2) is 6.61. The van der Waals surface area contributed by atoms with E-state index >= 15 is 0 Å². The summed E-state index contributed by atoms with van der Waals surface area (Å²) in [4.78, 5) is 0. The quantitative estimate of drug-likeness (QED) is 0.757. The molecule has 0 aliphatic heterocycles. The van der Waals surface area contributed by atoms with Gasteiger partial charge in [0.1, 0.15) is 0 Å². The van der Waals surface area contributed by atoms with Crippen LogP contribution in [0.4, 0.5) is 0 Å². The molecule has 0 amide bonds. The van der Waals surface area contributed by atoms with Crippen LogP contribution >= 0.6 is 0 Å². The monoisotopic (exact) mass is 227 g/mol. The molecule has 16 heavy (non-hydrogen) atoms. The Morgan fingerprint density at radius 2 is 1.88 bits per heavy atom. The maximum Gasteiger partial charge on any atom is 0.0515 e. The fourth-order valence-electron chi connectivity index (χ4n) is 2.77. The summed E-state index contributed by atoms with van der Waals surface area (Å²) in [5, 5.41) is 13.0. The van der Waals surface area contributed by atoms with Crippen LogP contribution in [0.3, 0.4) is 0 Å². The number of aliphatic hydroxyl groups excluding tert-OH is 1. The molecule has 0 saturated heterocycles. The van der Waals surface area contributed by atoms with Gasteiger partial charge in [0.15, 0.2) is 0 Å². The van der Waals surface area contributed by atoms with Gasteiger partial charge in [0.05, 0.1) is 6.10 Å². The molecular formula is C14H29NO. The number of nitrogens with one attached hydrogen (secondary N) is 1. The van der Waals surface area contributed by atoms with Crippen molar-refractivity contribution in [3.63, 3.8) is 0 Å². The lowest BCUT2D eigenvalue weighted by Crippen LogP contribution is -2.38. The average molecular weight is 227 g/mol. The summed E-state index contributed by atoms with van der Waals surface area (Å²) in [5.74, 6) is 2.33. The summed E-state index contributed by atoms with van der Waals surface area (Å²) < 4.78 is 0. The highest BCUT2D eigenvalue weighted by atomic mass is 16.3. The Morgan fingerprint density at radius 3 is 2.44 bits per heavy atom. The molecule has 2 nitrogen and oxygen atoms in total. The van der Waals surface area contributed by atoms with Crippen LogP contribution in [0.5, 0.6) is 0 Å². The lowest BCUT2D eigenvalue weighted by molar-refractivity contribution is 0.158. The maximum absolute atomic E-state index is 9.31. The van der Waals surface area contributed by atoms with E-state index in [-0.39, 0.29) is 6.10 Å². The third-order valence-corrected chi connectivity index (χ3v) is 4.10. The van der Waals surface area contributed by atoms with Crippen LogP contribution in [-0.4, -0.2) is 23.8 Å². The van der Waals surface area contributed by atoms with Gasteiger partial charge >= 0.3 is 0 Å². The lowest BCUT2D eigenvalue weighted by atomic mass is 9.79. The lowest BCUT2D eigenvalue weighted by Gasteiger charge is -2.33. The molecule has 0 aromatic heterocycles. The average Bonchev–Trinajstić information content (AvgIpc) is 2.19. The van der Waals surface area contributed by atoms with Crippen LogP contribution in [-0.2, 0) is 0 Å². The molecule has 0 radical (unpaired) electrons. The Labute approximate surface area is 101 Å². The van der Waals surface area contributed by atoms with E-state index in [1.165, 1.54) is 19.3 Å². The minimum atomic E-state index is -0.165. The minimum absolute atomic E-state index is 0.165. The number of hydrogen-bond acceptors (Lipinski definition) is 2. The summed E-state index contributed by atoms with van der Waals surface area (Å²) >= 11 is 0. The van der Waals surface area contributed by atoms with E-state index < -0.39 is 0 Å². The van der Waals surface area contributed by atoms with E-state index in [1.54, 1.807) is 0 Å². The van der Waals surface area contributed by atoms with Gasteiger partial charge in [0, 0.05) is 6.04 Å². The Morgan fingerprint density at radius 1 is 1.19 bits per heavy atom. The molecule has 0 aromatic carbocycles. The van der Waals surface area contributed by atoms with E-state index in [1.807, 2.05) is 6.92 Å². The van der Waals surface area contributed by atoms with Gasteiger partial charge in [0.2, 0.25) is 0 Å². The van der Waals surface area contributed by atoms with Crippen molar-refractivity contribution < 1.29 is 5.11 Å². The predicted molar refractivity (Wildman–Crippen MR) is 69.4 cm³/mol. The Kier molecular flexibility index (Phi) is 5.77. The summed E-state index contributed by atoms with van der Waals surface area (Å²) in [6.07, 6.45) is 4.76. The van der Waals surface area contributed by atoms with Gasteiger partial charge in [-0.1, -0.05) is 20.8 Å². The summed E-state index contributed by atoms with van der Waals surface area (Å²) in [6.45, 7) is 9.89. The van der Waals surface area contributed by atoms with Gasteiger partial charge in [-0.05, 0) is 56.9 Å². The van der Waals surface area contributed by atoms with Crippen LogP contribution in [0.25, 0.3) is 0 Å². The maximum atomic E-state index is 9.31. The topological polar surface area (TPSA) is 32.3 Å². The van der Waals surface area contributed by atoms with Crippen LogP contribution in [0.2, 0.25) is 0 Å². The molecule has 5 atom stereocenters. The zero-order valence-corrected chi connectivity index (χ0v) is 11.4. The Bertz CT molecular complexity index is 193. The van der Waals surface area contributed by atoms with Gasteiger partial charge in [0.25, 0.3) is 0 Å². The molecule has 0 spiro atoms. The van der Waals surface area contributed by atoms with Gasteiger partial charge in [-0.2, -0.15) is 0 Å². The SMILES string of the molecule is C[C@@H](CN[C@@H]1CC[C@@H](C)[C@@H](C)C1)C[C@@H](C)O. The number of aliphatic hydroxyl groups is 1. The molecule has 0 heterocycles. The zero-order valence-electron chi connectivity index (χ0n) is 11.4. The van der Waals surface area contributed by atoms with Crippen LogP contribution in [0.1, 0.15) is 53.4 Å². The number of rotatable bonds is 5. The molecule has 0 aromatic rings. The molecule has 1 saturated carbocycles. The molecule has 1 aliphatic carbocycles. The summed E-state index contributed by atoms with van der Waals surface area (Å²) in [6, 6.07) is 0.711. The fraction of sp³-hybridized carbons (Fsp3) is 1.00. The molecule has 0 unspecified atom stereocenters. The summed E-state index contributed by atoms with van der Waals surface area (Å²) in [5.41, 5.74) is 0. The first kappa shape index (κ1) is 14.0. The molecule has 2 N–H and O–H groups in total. The highest BCUT2D eigenvalue weighted by molar-refractivity contribution is 4.80. The van der Waals surface area contributed by atoms with E-state index in [0.717, 1.165) is 24.8 Å². The standard InChI is InChI=1S/C14H29NO/c1-10(7-13(4)16)9-15-14-6-5-11(2)12(3)8-14/h10-16H,5-9H2,1-4H3/t10-,11-,12+,13-,14-/m1/s1. The molecule has 2 heteroatoms. The first-order valence-electron chi connectivity index (χ1n) is 6.90. The predicted octanol–water partition coefficient (Wildman–Crippen LogP) is 2.81. The normalized spacial score (nSPS) is 34.7. The largest absolute Gasteiger partial charge is 0.393 e. The van der Waals surface area contributed by atoms with Crippen LogP contribution in [0.15, 0.2) is 0 Å². The van der Waals surface area contributed by atoms with Gasteiger partial charge in [-0.25, -0.2) is 0 Å². The smallest absolute Gasteiger partial charge is 0.0515 e. The van der Waals surface area contributed by atoms with Crippen molar-refractivity contribution in [3.05, 3.63) is 0 Å². The minimum Gasteiger partial charge on any atom is -0.393 e. The van der Waals surface area contributed by atoms with Gasteiger partial charge < -0.3 is 10.4 Å². The zero-order chi connectivity index (χ0) is 12.1. The van der Waals surface area contributed by atoms with Crippen LogP contribution in [0, 0.1) is 17.8 Å². The third-order valence-electron chi connectivity index (χ3n) is 4.10. The molecule has 1 rings (SSSR count). The van der Waals surface area contributed by atoms with Crippen molar-refractivity contribution >= 4 is 0 Å². The first-order valence-corrected chi connectivity index (χ1v) is 6.90. The summed E-state index contributed by atoms with van der Waals surface area (Å²) in [7, 11) is 0. The van der Waals surface area contributed by atoms with Crippen molar-refractivity contribution in [1.82, 2.24) is 5.32 Å². The van der Waals surface area contributed by atoms with Gasteiger partial charge in [-0.3, -0.25) is 0 Å². The van der Waals surface area contributed by atoms with E-state index in [9.17, 15) is 5.11 Å². The molecule has 1 aliphatic rings. The van der Waals surface area contributed by atoms with Crippen LogP contribution < -0.4 is 5.32 Å². The Hall–Kier alpha value is -0.0800. The highest BCUT2D eigenvalue weighted by Crippen LogP contribution is 2.29. The molecule has 0 bridgehead atoms. The van der Waals surface area contributed by atoms with Crippen molar-refractivity contribution in [3.8, 4) is 0 Å². The third kappa shape index (κ3) is 4.84. The molecule has 96 valence electrons. The van der Waals surface area contributed by atoms with Crippen molar-refractivity contribution in [1.29, 1.82) is 0 Å². The number of hydrogen-bond donors (Lipinski definition) is 2. The second-order valence-electron chi connectivity index (χ2n) is 6.06. The van der Waals surface area contributed by atoms with Crippen molar-refractivity contribution in [2.24, 2.45) is 17.8 Å². The van der Waals surface area contributed by atoms with Gasteiger partial charge in [-0.15, -0.1) is 0 Å². The molecule has 1 fully saturated rings. The fourth-order valence-corrected chi connectivity index (χ4v) is 2.77. The van der Waals surface area contributed by atoms with E-state index in [0.29, 0.717) is 12.0 Å². The second-order valence-corrected chi connectivity index (χ2v) is 6.06. The molecular weight excluding hydrogens is 198 g/mol.